The van der Waals surface area contributed by atoms with Crippen molar-refractivity contribution in [3.63, 3.8) is 0 Å². The smallest absolute Gasteiger partial charge is 0.408 e. The van der Waals surface area contributed by atoms with Gasteiger partial charge < -0.3 is 15.5 Å². The van der Waals surface area contributed by atoms with Gasteiger partial charge in [0, 0.05) is 17.9 Å². The van der Waals surface area contributed by atoms with Gasteiger partial charge in [0.25, 0.3) is 0 Å². The summed E-state index contributed by atoms with van der Waals surface area (Å²) in [7, 11) is 0. The molecule has 0 radical (unpaired) electrons. The average Bonchev–Trinajstić information content (AvgIpc) is 2.42. The number of aliphatic hydroxyl groups is 1. The standard InChI is InChI=1S/C14H16F5NO3/c1-2-10(14(17,18)19)20-9-6-8(15)11(13(22)23)12(16)7(9)4-3-5-21/h6,10,20-21H,2-5H2,1H3,(H,22,23)/t10-/m1/s1. The summed E-state index contributed by atoms with van der Waals surface area (Å²) >= 11 is 0. The fraction of sp³-hybridized carbons (Fsp3) is 0.500. The minimum absolute atomic E-state index is 0.0148. The number of anilines is 1. The van der Waals surface area contributed by atoms with Gasteiger partial charge >= 0.3 is 12.1 Å². The Labute approximate surface area is 128 Å². The summed E-state index contributed by atoms with van der Waals surface area (Å²) in [6, 6.07) is -1.50. The molecule has 0 aliphatic heterocycles. The predicted molar refractivity (Wildman–Crippen MR) is 72.5 cm³/mol. The third kappa shape index (κ3) is 4.54. The topological polar surface area (TPSA) is 69.6 Å². The molecule has 0 aromatic heterocycles. The van der Waals surface area contributed by atoms with Crippen molar-refractivity contribution < 1.29 is 37.0 Å². The van der Waals surface area contributed by atoms with Crippen LogP contribution in [-0.4, -0.2) is 35.0 Å². The van der Waals surface area contributed by atoms with Crippen molar-refractivity contribution >= 4 is 11.7 Å². The molecule has 9 heteroatoms. The van der Waals surface area contributed by atoms with Crippen molar-refractivity contribution in [3.8, 4) is 0 Å². The van der Waals surface area contributed by atoms with Gasteiger partial charge in [-0.3, -0.25) is 0 Å². The fourth-order valence-corrected chi connectivity index (χ4v) is 2.09. The van der Waals surface area contributed by atoms with Gasteiger partial charge in [-0.15, -0.1) is 0 Å². The number of hydrogen-bond donors (Lipinski definition) is 3. The van der Waals surface area contributed by atoms with E-state index in [0.29, 0.717) is 6.07 Å². The molecule has 1 atom stereocenters. The first-order valence-corrected chi connectivity index (χ1v) is 6.81. The first kappa shape index (κ1) is 19.1. The van der Waals surface area contributed by atoms with Crippen LogP contribution in [0.3, 0.4) is 0 Å². The number of aromatic carboxylic acids is 1. The molecule has 0 spiro atoms. The Morgan fingerprint density at radius 2 is 1.96 bits per heavy atom. The number of carboxylic acid groups (broad SMARTS) is 1. The normalized spacial score (nSPS) is 13.0. The van der Waals surface area contributed by atoms with E-state index in [4.69, 9.17) is 10.2 Å². The van der Waals surface area contributed by atoms with E-state index in [2.05, 4.69) is 0 Å². The second-order valence-corrected chi connectivity index (χ2v) is 4.85. The molecule has 0 unspecified atom stereocenters. The van der Waals surface area contributed by atoms with Crippen LogP contribution in [-0.2, 0) is 6.42 Å². The molecule has 4 nitrogen and oxygen atoms in total. The number of nitrogens with one attached hydrogen (secondary N) is 1. The molecule has 1 aromatic carbocycles. The lowest BCUT2D eigenvalue weighted by Gasteiger charge is -2.23. The molecule has 0 aliphatic rings. The molecule has 0 saturated heterocycles. The lowest BCUT2D eigenvalue weighted by atomic mass is 10.0. The number of carbonyl (C=O) groups is 1. The van der Waals surface area contributed by atoms with E-state index in [1.165, 1.54) is 6.92 Å². The molecule has 3 N–H and O–H groups in total. The first-order chi connectivity index (χ1) is 10.6. The van der Waals surface area contributed by atoms with Gasteiger partial charge in [0.2, 0.25) is 0 Å². The predicted octanol–water partition coefficient (Wildman–Crippen LogP) is 3.34. The third-order valence-corrected chi connectivity index (χ3v) is 3.25. The van der Waals surface area contributed by atoms with Crippen molar-refractivity contribution in [2.75, 3.05) is 11.9 Å². The van der Waals surface area contributed by atoms with E-state index in [-0.39, 0.29) is 25.9 Å². The molecule has 1 rings (SSSR count). The molecule has 0 amide bonds. The number of hydrogen-bond acceptors (Lipinski definition) is 3. The third-order valence-electron chi connectivity index (χ3n) is 3.25. The Bertz CT molecular complexity index is 575. The Kier molecular flexibility index (Phi) is 6.31. The highest BCUT2D eigenvalue weighted by Gasteiger charge is 2.39. The molecule has 0 heterocycles. The van der Waals surface area contributed by atoms with Crippen LogP contribution in [0.1, 0.15) is 35.7 Å². The van der Waals surface area contributed by atoms with Crippen molar-refractivity contribution in [1.82, 2.24) is 0 Å². The minimum Gasteiger partial charge on any atom is -0.477 e. The second-order valence-electron chi connectivity index (χ2n) is 4.85. The minimum atomic E-state index is -4.64. The van der Waals surface area contributed by atoms with E-state index in [9.17, 15) is 26.7 Å². The zero-order valence-electron chi connectivity index (χ0n) is 12.2. The molecule has 23 heavy (non-hydrogen) atoms. The summed E-state index contributed by atoms with van der Waals surface area (Å²) in [4.78, 5) is 10.9. The summed E-state index contributed by atoms with van der Waals surface area (Å²) in [5, 5.41) is 19.6. The Morgan fingerprint density at radius 1 is 1.35 bits per heavy atom. The van der Waals surface area contributed by atoms with Gasteiger partial charge in [-0.1, -0.05) is 6.92 Å². The Hall–Kier alpha value is -1.90. The van der Waals surface area contributed by atoms with Gasteiger partial charge in [0.1, 0.15) is 23.2 Å². The van der Waals surface area contributed by atoms with Crippen LogP contribution in [0.25, 0.3) is 0 Å². The van der Waals surface area contributed by atoms with Crippen LogP contribution >= 0.6 is 0 Å². The summed E-state index contributed by atoms with van der Waals surface area (Å²) < 4.78 is 66.4. The highest BCUT2D eigenvalue weighted by molar-refractivity contribution is 5.89. The maximum atomic E-state index is 14.2. The Balaban J connectivity index is 3.37. The number of benzene rings is 1. The zero-order chi connectivity index (χ0) is 17.8. The van der Waals surface area contributed by atoms with Gasteiger partial charge in [-0.2, -0.15) is 13.2 Å². The Morgan fingerprint density at radius 3 is 2.39 bits per heavy atom. The molecular weight excluding hydrogens is 325 g/mol. The maximum Gasteiger partial charge on any atom is 0.408 e. The van der Waals surface area contributed by atoms with Crippen LogP contribution in [0, 0.1) is 11.6 Å². The average molecular weight is 341 g/mol. The van der Waals surface area contributed by atoms with Gasteiger partial charge in [-0.05, 0) is 25.3 Å². The van der Waals surface area contributed by atoms with Crippen molar-refractivity contribution in [2.45, 2.75) is 38.4 Å². The molecule has 0 aliphatic carbocycles. The SMILES string of the molecule is CC[C@@H](Nc1cc(F)c(C(=O)O)c(F)c1CCCO)C(F)(F)F. The second kappa shape index (κ2) is 7.58. The summed E-state index contributed by atoms with van der Waals surface area (Å²) in [5.41, 5.74) is -2.10. The quantitative estimate of drug-likeness (QED) is 0.666. The van der Waals surface area contributed by atoms with Crippen LogP contribution in [0.2, 0.25) is 0 Å². The molecule has 1 aromatic rings. The maximum absolute atomic E-state index is 14.2. The van der Waals surface area contributed by atoms with E-state index >= 15 is 0 Å². The largest absolute Gasteiger partial charge is 0.477 e. The van der Waals surface area contributed by atoms with Gasteiger partial charge in [0.15, 0.2) is 0 Å². The molecule has 0 bridgehead atoms. The molecule has 130 valence electrons. The van der Waals surface area contributed by atoms with Gasteiger partial charge in [0.05, 0.1) is 0 Å². The lowest BCUT2D eigenvalue weighted by molar-refractivity contribution is -0.142. The number of alkyl halides is 3. The zero-order valence-corrected chi connectivity index (χ0v) is 12.2. The van der Waals surface area contributed by atoms with Crippen molar-refractivity contribution in [3.05, 3.63) is 28.8 Å². The number of aliphatic hydroxyl groups excluding tert-OH is 1. The highest BCUT2D eigenvalue weighted by Crippen LogP contribution is 2.31. The highest BCUT2D eigenvalue weighted by atomic mass is 19.4. The summed E-state index contributed by atoms with van der Waals surface area (Å²) in [6.45, 7) is 0.867. The van der Waals surface area contributed by atoms with Crippen LogP contribution in [0.15, 0.2) is 6.07 Å². The van der Waals surface area contributed by atoms with E-state index in [1.807, 2.05) is 5.32 Å². The fourth-order valence-electron chi connectivity index (χ4n) is 2.09. The summed E-state index contributed by atoms with van der Waals surface area (Å²) in [5.74, 6) is -4.77. The number of carboxylic acids is 1. The van der Waals surface area contributed by atoms with E-state index in [0.717, 1.165) is 0 Å². The monoisotopic (exact) mass is 341 g/mol. The van der Waals surface area contributed by atoms with Crippen LogP contribution in [0.5, 0.6) is 0 Å². The molecule has 0 fully saturated rings. The molecule has 0 saturated carbocycles. The van der Waals surface area contributed by atoms with Gasteiger partial charge in [-0.25, -0.2) is 13.6 Å². The van der Waals surface area contributed by atoms with Crippen molar-refractivity contribution in [1.29, 1.82) is 0 Å². The van der Waals surface area contributed by atoms with E-state index < -0.39 is 46.6 Å². The van der Waals surface area contributed by atoms with Crippen LogP contribution in [0.4, 0.5) is 27.6 Å². The molecular formula is C14H16F5NO3. The number of halogens is 5. The van der Waals surface area contributed by atoms with E-state index in [1.54, 1.807) is 0 Å². The lowest BCUT2D eigenvalue weighted by Crippen LogP contribution is -2.36. The first-order valence-electron chi connectivity index (χ1n) is 6.81. The van der Waals surface area contributed by atoms with Crippen LogP contribution < -0.4 is 5.32 Å². The number of rotatable bonds is 7. The van der Waals surface area contributed by atoms with Crippen molar-refractivity contribution in [2.24, 2.45) is 0 Å². The summed E-state index contributed by atoms with van der Waals surface area (Å²) in [6.07, 6.45) is -5.27.